The Kier molecular flexibility index (Phi) is 5.53. The van der Waals surface area contributed by atoms with Gasteiger partial charge in [-0.1, -0.05) is 11.6 Å². The van der Waals surface area contributed by atoms with Gasteiger partial charge in [-0.05, 0) is 276 Å². The summed E-state index contributed by atoms with van der Waals surface area (Å²) in [5, 5.41) is 0. The van der Waals surface area contributed by atoms with Gasteiger partial charge in [-0.2, -0.15) is 0 Å². The lowest BCUT2D eigenvalue weighted by Crippen LogP contribution is -2.62. The van der Waals surface area contributed by atoms with Crippen molar-refractivity contribution < 1.29 is 14.3 Å². The fraction of sp³-hybridized carbons (Fsp3) is 0.833. The van der Waals surface area contributed by atoms with Gasteiger partial charge in [-0.3, -0.25) is 0 Å². The first-order valence-electron chi connectivity index (χ1n) is 25.6. The third-order valence-electron chi connectivity index (χ3n) is 25.3. The van der Waals surface area contributed by atoms with Crippen LogP contribution in [0.4, 0.5) is 10.5 Å². The smallest absolute Gasteiger partial charge is 0.428 e. The number of ether oxygens (including phenoxy) is 2. The molecule has 0 saturated heterocycles. The van der Waals surface area contributed by atoms with E-state index in [0.29, 0.717) is 11.8 Å². The van der Waals surface area contributed by atoms with Gasteiger partial charge in [-0.15, -0.1) is 0 Å². The van der Waals surface area contributed by atoms with Gasteiger partial charge >= 0.3 is 6.16 Å². The van der Waals surface area contributed by atoms with Gasteiger partial charge in [0.25, 0.3) is 0 Å². The molecule has 4 nitrogen and oxygen atoms in total. The van der Waals surface area contributed by atoms with E-state index in [4.69, 9.17) is 9.47 Å². The van der Waals surface area contributed by atoms with Crippen LogP contribution in [0.25, 0.3) is 0 Å². The van der Waals surface area contributed by atoms with Crippen LogP contribution in [-0.2, 0) is 4.74 Å². The second-order valence-electron chi connectivity index (χ2n) is 26.5. The fourth-order valence-corrected chi connectivity index (χ4v) is 26.4. The van der Waals surface area contributed by atoms with E-state index in [9.17, 15) is 4.79 Å². The van der Waals surface area contributed by atoms with Crippen molar-refractivity contribution in [3.8, 4) is 5.75 Å². The molecule has 16 aliphatic rings. The van der Waals surface area contributed by atoms with Crippen LogP contribution in [0.2, 0.25) is 0 Å². The zero-order valence-electron chi connectivity index (χ0n) is 35.7. The molecule has 0 N–H and O–H groups in total. The minimum atomic E-state index is -0.614. The highest BCUT2D eigenvalue weighted by Gasteiger charge is 2.88. The topological polar surface area (TPSA) is 38.8 Å². The first kappa shape index (κ1) is 32.7. The molecule has 1 aromatic carbocycles. The average molecular weight is 778 g/mol. The Morgan fingerprint density at radius 3 is 1.64 bits per heavy atom. The SMILES string of the molecule is CCN(c1ccc(OC(=O)OC(C)(C)C)cc1)C(C)C12C=C3CC4CC5CC6CC7CC8CC9CC(C1)C1C%10C9C8C8C7C7C6C5C5C4C4C3C2C1C1C4C5C7C8C%101. The van der Waals surface area contributed by atoms with Gasteiger partial charge in [0.2, 0.25) is 0 Å². The Labute approximate surface area is 346 Å². The van der Waals surface area contributed by atoms with E-state index in [1.165, 1.54) is 48.1 Å². The van der Waals surface area contributed by atoms with E-state index in [-0.39, 0.29) is 5.41 Å². The molecule has 0 heterocycles. The third kappa shape index (κ3) is 3.23. The summed E-state index contributed by atoms with van der Waals surface area (Å²) in [4.78, 5) is 15.4. The summed E-state index contributed by atoms with van der Waals surface area (Å²) in [6, 6.07) is 9.04. The van der Waals surface area contributed by atoms with E-state index in [1.54, 1.807) is 38.5 Å². The second kappa shape index (κ2) is 9.80. The van der Waals surface area contributed by atoms with Crippen LogP contribution in [0.1, 0.15) is 86.0 Å². The summed E-state index contributed by atoms with van der Waals surface area (Å²) < 4.78 is 11.2. The summed E-state index contributed by atoms with van der Waals surface area (Å²) in [5.74, 6) is 31.3. The molecule has 0 aliphatic heterocycles. The fourth-order valence-electron chi connectivity index (χ4n) is 26.4. The lowest BCUT2D eigenvalue weighted by molar-refractivity contribution is -0.155. The number of anilines is 1. The third-order valence-corrected chi connectivity index (χ3v) is 25.3. The van der Waals surface area contributed by atoms with Crippen LogP contribution in [0.3, 0.4) is 0 Å². The van der Waals surface area contributed by atoms with E-state index in [0.717, 1.165) is 143 Å². The minimum absolute atomic E-state index is 0.283. The highest BCUT2D eigenvalue weighted by molar-refractivity contribution is 5.65. The molecule has 58 heavy (non-hydrogen) atoms. The Morgan fingerprint density at radius 2 is 1.09 bits per heavy atom. The van der Waals surface area contributed by atoms with Crippen LogP contribution >= 0.6 is 0 Å². The van der Waals surface area contributed by atoms with E-state index >= 15 is 0 Å². The second-order valence-corrected chi connectivity index (χ2v) is 26.5. The first-order chi connectivity index (χ1) is 28.1. The lowest BCUT2D eigenvalue weighted by Gasteiger charge is -2.64. The zero-order valence-corrected chi connectivity index (χ0v) is 35.7. The van der Waals surface area contributed by atoms with Crippen molar-refractivity contribution in [1.29, 1.82) is 0 Å². The summed E-state index contributed by atoms with van der Waals surface area (Å²) in [7, 11) is 0. The van der Waals surface area contributed by atoms with Gasteiger partial charge in [0.05, 0.1) is 0 Å². The highest BCUT2D eigenvalue weighted by Crippen LogP contribution is 2.92. The number of carbonyl (C=O) groups excluding carboxylic acids is 1. The average Bonchev–Trinajstić information content (AvgIpc) is 4.02. The van der Waals surface area contributed by atoms with Gasteiger partial charge < -0.3 is 14.4 Å². The summed E-state index contributed by atoms with van der Waals surface area (Å²) in [6.07, 6.45) is 15.5. The molecule has 15 saturated carbocycles. The quantitative estimate of drug-likeness (QED) is 0.170. The van der Waals surface area contributed by atoms with Gasteiger partial charge in [0.15, 0.2) is 0 Å². The van der Waals surface area contributed by atoms with Gasteiger partial charge in [0.1, 0.15) is 11.4 Å². The Morgan fingerprint density at radius 1 is 0.638 bits per heavy atom. The minimum Gasteiger partial charge on any atom is -0.428 e. The molecule has 0 aromatic heterocycles. The van der Waals surface area contributed by atoms with Crippen molar-refractivity contribution >= 4 is 11.8 Å². The van der Waals surface area contributed by atoms with Crippen molar-refractivity contribution in [3.05, 3.63) is 35.9 Å². The van der Waals surface area contributed by atoms with Crippen molar-refractivity contribution in [2.45, 2.75) is 97.6 Å². The molecule has 306 valence electrons. The number of hydrogen-bond acceptors (Lipinski definition) is 4. The molecule has 0 amide bonds. The molecule has 0 spiro atoms. The molecule has 1 aromatic rings. The van der Waals surface area contributed by atoms with E-state index in [2.05, 4.69) is 37.0 Å². The standard InChI is InChI=1S/C54H67NO3/c1-6-55(29-7-9-30(10-8-29)57-52(56)58-53(3,4)5)20(2)54-18-27-16-25-14-23-13-24-12-21-11-22-15-26-17-28(19-54)38-43-36(26)41-32(22)31(21)39-35(24)40-33(23)34(25)42-37(27)50(51(38)54)49-47(42)45(40)44(39)46(41)48(43)49/h7-10,19-27,31-51H,6,11-18H2,1-5H3. The summed E-state index contributed by atoms with van der Waals surface area (Å²) in [6.45, 7) is 11.9. The number of carbonyl (C=O) groups is 1. The van der Waals surface area contributed by atoms with Crippen molar-refractivity contribution in [1.82, 2.24) is 0 Å². The monoisotopic (exact) mass is 778 g/mol. The molecule has 30 unspecified atom stereocenters. The predicted molar refractivity (Wildman–Crippen MR) is 221 cm³/mol. The van der Waals surface area contributed by atoms with Gasteiger partial charge in [0, 0.05) is 23.7 Å². The molecule has 16 aliphatic carbocycles. The van der Waals surface area contributed by atoms with E-state index < -0.39 is 11.8 Å². The molecule has 0 bridgehead atoms. The maximum Gasteiger partial charge on any atom is 0.514 e. The van der Waals surface area contributed by atoms with Crippen molar-refractivity contribution in [2.75, 3.05) is 11.4 Å². The molecule has 4 heteroatoms. The number of nitrogens with zero attached hydrogens (tertiary/aromatic N) is 1. The molecule has 15 fully saturated rings. The Hall–Kier alpha value is -1.97. The van der Waals surface area contributed by atoms with Crippen molar-refractivity contribution in [3.63, 3.8) is 0 Å². The number of hydrogen-bond donors (Lipinski definition) is 0. The van der Waals surface area contributed by atoms with Crippen LogP contribution < -0.4 is 9.64 Å². The first-order valence-corrected chi connectivity index (χ1v) is 25.6. The molecule has 17 rings (SSSR count). The number of benzene rings is 1. The molecular weight excluding hydrogens is 711 g/mol. The number of allylic oxidation sites excluding steroid dienone is 1. The van der Waals surface area contributed by atoms with Gasteiger partial charge in [-0.25, -0.2) is 4.79 Å². The van der Waals surface area contributed by atoms with Crippen LogP contribution in [0.5, 0.6) is 5.75 Å². The highest BCUT2D eigenvalue weighted by atomic mass is 16.7. The maximum atomic E-state index is 12.6. The summed E-state index contributed by atoms with van der Waals surface area (Å²) in [5.41, 5.74) is 3.07. The normalized spacial score (nSPS) is 64.0. The maximum absolute atomic E-state index is 12.6. The van der Waals surface area contributed by atoms with Crippen molar-refractivity contribution in [2.24, 2.45) is 171 Å². The zero-order chi connectivity index (χ0) is 37.9. The molecular formula is C54H67NO3. The lowest BCUT2D eigenvalue weighted by atomic mass is 9.41. The Balaban J connectivity index is 0.847. The Bertz CT molecular complexity index is 2120. The van der Waals surface area contributed by atoms with Crippen LogP contribution in [0, 0.1) is 171 Å². The van der Waals surface area contributed by atoms with Crippen LogP contribution in [-0.4, -0.2) is 24.3 Å². The van der Waals surface area contributed by atoms with Crippen LogP contribution in [0.15, 0.2) is 35.9 Å². The van der Waals surface area contributed by atoms with E-state index in [1.807, 2.05) is 38.5 Å². The molecule has 0 radical (unpaired) electrons. The molecule has 30 atom stereocenters. The number of rotatable bonds is 5. The predicted octanol–water partition coefficient (Wildman–Crippen LogP) is 10.7. The largest absolute Gasteiger partial charge is 0.514 e. The summed E-state index contributed by atoms with van der Waals surface area (Å²) >= 11 is 0.